The Hall–Kier alpha value is -8.25. The van der Waals surface area contributed by atoms with Gasteiger partial charge < -0.3 is 61.6 Å². The van der Waals surface area contributed by atoms with Crippen LogP contribution in [-0.2, 0) is 90.8 Å². The minimum absolute atomic E-state index is 0.00295. The molecule has 104 heavy (non-hydrogen) atoms. The SMILES string of the molecule is CC(=O)O[C@H]1C[C@H]2[C@@H]3C[C@@H]4O[C@]5(CCC(C)CO5)[C@@H](C)[C@@H]4[C@@]3(C)CC[C@@H]2[C@@]2(C)CC[C@H](O[C@@H]3O[C@H](COCc4ccccc4)[C@@H](O[C@H]4OC[C@H](OC(=O)c5ccccc5)[C@@H](OC(=O)c5ccccc5)[C@@H]4OC(=O)c4ccccc4)[C@H](OCc4ccccc4)[C@H]3OC(=O)Cc3ccccc3[N+](=O)[O-])CC12. The summed E-state index contributed by atoms with van der Waals surface area (Å²) in [5, 5.41) is 12.5. The predicted molar refractivity (Wildman–Crippen MR) is 376 cm³/mol. The Bertz CT molecular complexity index is 3960. The minimum Gasteiger partial charge on any atom is -0.462 e. The number of benzene rings is 6. The molecule has 8 aliphatic rings. The van der Waals surface area contributed by atoms with Gasteiger partial charge in [0.15, 0.2) is 42.8 Å². The number of hydrogen-bond acceptors (Lipinski definition) is 20. The van der Waals surface area contributed by atoms with Crippen LogP contribution in [0.15, 0.2) is 176 Å². The molecule has 4 saturated carbocycles. The molecule has 21 heteroatoms. The molecule has 6 aromatic rings. The molecule has 8 fully saturated rings. The molecule has 0 radical (unpaired) electrons. The zero-order valence-electron chi connectivity index (χ0n) is 59.4. The summed E-state index contributed by atoms with van der Waals surface area (Å²) in [4.78, 5) is 83.9. The number of rotatable bonds is 22. The number of esters is 5. The number of para-hydroxylation sites is 1. The molecular weight excluding hydrogens is 1330 g/mol. The summed E-state index contributed by atoms with van der Waals surface area (Å²) in [6.07, 6.45) is -7.83. The minimum atomic E-state index is -1.74. The van der Waals surface area contributed by atoms with E-state index in [4.69, 9.17) is 61.6 Å². The van der Waals surface area contributed by atoms with Crippen LogP contribution in [0, 0.1) is 62.4 Å². The average molecular weight is 1420 g/mol. The zero-order chi connectivity index (χ0) is 72.3. The molecule has 550 valence electrons. The van der Waals surface area contributed by atoms with Crippen molar-refractivity contribution in [2.45, 2.75) is 191 Å². The highest BCUT2D eigenvalue weighted by molar-refractivity contribution is 5.91. The van der Waals surface area contributed by atoms with Crippen molar-refractivity contribution in [3.05, 3.63) is 219 Å². The maximum Gasteiger partial charge on any atom is 0.338 e. The lowest BCUT2D eigenvalue weighted by Crippen LogP contribution is -2.66. The van der Waals surface area contributed by atoms with Gasteiger partial charge in [-0.25, -0.2) is 14.4 Å². The van der Waals surface area contributed by atoms with E-state index >= 15 is 4.79 Å². The second-order valence-electron chi connectivity index (χ2n) is 30.3. The smallest absolute Gasteiger partial charge is 0.338 e. The summed E-state index contributed by atoms with van der Waals surface area (Å²) >= 11 is 0. The topological polar surface area (TPSA) is 248 Å². The van der Waals surface area contributed by atoms with Crippen LogP contribution < -0.4 is 0 Å². The first-order chi connectivity index (χ1) is 50.3. The number of hydrogen-bond donors (Lipinski definition) is 0. The van der Waals surface area contributed by atoms with E-state index in [1.54, 1.807) is 97.1 Å². The van der Waals surface area contributed by atoms with Crippen LogP contribution in [0.25, 0.3) is 0 Å². The van der Waals surface area contributed by atoms with Gasteiger partial charge in [-0.1, -0.05) is 161 Å². The van der Waals surface area contributed by atoms with E-state index in [0.29, 0.717) is 61.5 Å². The fourth-order valence-electron chi connectivity index (χ4n) is 19.0. The lowest BCUT2D eigenvalue weighted by Gasteiger charge is -2.63. The van der Waals surface area contributed by atoms with Crippen molar-refractivity contribution >= 4 is 35.5 Å². The van der Waals surface area contributed by atoms with Crippen LogP contribution in [0.4, 0.5) is 5.69 Å². The third-order valence-corrected chi connectivity index (χ3v) is 24.0. The number of carbonyl (C=O) groups is 5. The Morgan fingerprint density at radius 2 is 1.13 bits per heavy atom. The summed E-state index contributed by atoms with van der Waals surface area (Å²) < 4.78 is 88.5. The van der Waals surface area contributed by atoms with Crippen molar-refractivity contribution in [3.8, 4) is 0 Å². The molecule has 2 unspecified atom stereocenters. The molecule has 22 atom stereocenters. The van der Waals surface area contributed by atoms with E-state index in [-0.39, 0.29) is 88.4 Å². The van der Waals surface area contributed by atoms with Crippen molar-refractivity contribution < 1.29 is 90.5 Å². The maximum atomic E-state index is 15.1. The summed E-state index contributed by atoms with van der Waals surface area (Å²) in [5.41, 5.74) is 1.45. The van der Waals surface area contributed by atoms with Crippen LogP contribution in [0.2, 0.25) is 0 Å². The molecule has 4 heterocycles. The second kappa shape index (κ2) is 31.4. The fourth-order valence-corrected chi connectivity index (χ4v) is 19.0. The van der Waals surface area contributed by atoms with Gasteiger partial charge in [-0.2, -0.15) is 0 Å². The molecule has 0 aromatic heterocycles. The van der Waals surface area contributed by atoms with Crippen molar-refractivity contribution in [2.75, 3.05) is 19.8 Å². The molecule has 6 aromatic carbocycles. The number of carbonyl (C=O) groups excluding carboxylic acids is 5. The fraction of sp³-hybridized carbons (Fsp3) is 0.506. The Morgan fingerprint density at radius 1 is 0.548 bits per heavy atom. The normalized spacial score (nSPS) is 34.8. The first-order valence-corrected chi connectivity index (χ1v) is 36.9. The molecule has 0 N–H and O–H groups in total. The third-order valence-electron chi connectivity index (χ3n) is 24.0. The van der Waals surface area contributed by atoms with Gasteiger partial charge >= 0.3 is 29.8 Å². The van der Waals surface area contributed by atoms with E-state index in [0.717, 1.165) is 37.7 Å². The van der Waals surface area contributed by atoms with Gasteiger partial charge in [0.25, 0.3) is 5.69 Å². The van der Waals surface area contributed by atoms with Gasteiger partial charge in [-0.3, -0.25) is 19.7 Å². The number of nitro groups is 1. The molecule has 4 saturated heterocycles. The predicted octanol–water partition coefficient (Wildman–Crippen LogP) is 13.4. The van der Waals surface area contributed by atoms with Crippen LogP contribution in [0.3, 0.4) is 0 Å². The maximum absolute atomic E-state index is 15.1. The van der Waals surface area contributed by atoms with Gasteiger partial charge in [0, 0.05) is 36.8 Å². The van der Waals surface area contributed by atoms with Gasteiger partial charge in [-0.15, -0.1) is 0 Å². The van der Waals surface area contributed by atoms with E-state index in [1.165, 1.54) is 25.1 Å². The lowest BCUT2D eigenvalue weighted by molar-refractivity contribution is -0.385. The van der Waals surface area contributed by atoms with Crippen molar-refractivity contribution in [1.82, 2.24) is 0 Å². The van der Waals surface area contributed by atoms with Gasteiger partial charge in [0.2, 0.25) is 0 Å². The molecule has 4 aliphatic carbocycles. The molecule has 21 nitrogen and oxygen atoms in total. The lowest BCUT2D eigenvalue weighted by atomic mass is 9.43. The van der Waals surface area contributed by atoms with Crippen LogP contribution >= 0.6 is 0 Å². The molecule has 0 amide bonds. The zero-order valence-corrected chi connectivity index (χ0v) is 59.4. The van der Waals surface area contributed by atoms with Crippen LogP contribution in [0.5, 0.6) is 0 Å². The molecule has 0 bridgehead atoms. The Labute approximate surface area is 606 Å². The molecular formula is C83H93NO20. The molecule has 14 rings (SSSR count). The van der Waals surface area contributed by atoms with Crippen molar-refractivity contribution in [1.29, 1.82) is 0 Å². The first kappa shape index (κ1) is 72.7. The summed E-state index contributed by atoms with van der Waals surface area (Å²) in [6.45, 7) is 10.9. The van der Waals surface area contributed by atoms with Crippen molar-refractivity contribution in [3.63, 3.8) is 0 Å². The Kier molecular flexibility index (Phi) is 22.0. The number of nitro benzene ring substituents is 1. The van der Waals surface area contributed by atoms with Crippen LogP contribution in [0.1, 0.15) is 140 Å². The van der Waals surface area contributed by atoms with E-state index in [2.05, 4.69) is 27.7 Å². The van der Waals surface area contributed by atoms with Gasteiger partial charge in [-0.05, 0) is 139 Å². The van der Waals surface area contributed by atoms with Gasteiger partial charge in [0.1, 0.15) is 24.4 Å². The highest BCUT2D eigenvalue weighted by atomic mass is 16.8. The average Bonchev–Trinajstić information content (AvgIpc) is 1.48. The summed E-state index contributed by atoms with van der Waals surface area (Å²) in [7, 11) is 0. The summed E-state index contributed by atoms with van der Waals surface area (Å²) in [6, 6.07) is 49.1. The largest absolute Gasteiger partial charge is 0.462 e. The molecule has 1 spiro atoms. The third kappa shape index (κ3) is 15.3. The van der Waals surface area contributed by atoms with Gasteiger partial charge in [0.05, 0.1) is 73.3 Å². The highest BCUT2D eigenvalue weighted by Crippen LogP contribution is 2.72. The van der Waals surface area contributed by atoms with E-state index in [1.807, 2.05) is 60.7 Å². The van der Waals surface area contributed by atoms with E-state index < -0.39 is 115 Å². The standard InChI is InChI=1S/C83H93NO20/c1-50-35-40-83(95-45-50)51(2)70-66(104-83)44-62-60-43-65(96-52(3)85)63-42-59(36-38-81(63,4)61(60)37-39-82(62,70)5)97-80-75(100-69(86)41-58-33-21-22-34-64(58)84(90)91)73(93-47-54-25-13-7-14-26-54)71(67(99-80)48-92-46-53-23-11-6-12-24-53)103-79-74(102-78(89)57-31-19-10-20-32-57)72(101-77(88)56-29-17-9-18-30-56)68(49-94-79)98-76(87)55-27-15-8-16-28-55/h6-34,50-51,59-63,65-68,70-75,79-80H,35-49H2,1-5H3/t50?,51-,59-,60+,61-,62-,63?,65-,66-,67+,68-,70-,71+,72+,73-,74-,75+,79+,80+,81+,82-,83+/m0/s1. The molecule has 4 aliphatic heterocycles. The van der Waals surface area contributed by atoms with Crippen LogP contribution in [-0.4, -0.2) is 134 Å². The number of ether oxygens (including phenoxy) is 13. The summed E-state index contributed by atoms with van der Waals surface area (Å²) in [5.74, 6) is -2.53. The number of fused-ring (bicyclic) bond motifs is 7. The first-order valence-electron chi connectivity index (χ1n) is 36.9. The van der Waals surface area contributed by atoms with Crippen molar-refractivity contribution in [2.24, 2.45) is 52.3 Å². The quantitative estimate of drug-likeness (QED) is 0.0201. The monoisotopic (exact) mass is 1420 g/mol. The number of nitrogens with zero attached hydrogens (tertiary/aromatic N) is 1. The Balaban J connectivity index is 0.824. The highest BCUT2D eigenvalue weighted by Gasteiger charge is 2.70. The van der Waals surface area contributed by atoms with E-state index in [9.17, 15) is 29.3 Å². The Morgan fingerprint density at radius 3 is 1.76 bits per heavy atom. The second-order valence-corrected chi connectivity index (χ2v) is 30.3.